The van der Waals surface area contributed by atoms with Gasteiger partial charge in [0.25, 0.3) is 0 Å². The number of nitrogens with one attached hydrogen (secondary N) is 1. The minimum atomic E-state index is -4.34. The highest BCUT2D eigenvalue weighted by atomic mass is 31.2. The van der Waals surface area contributed by atoms with E-state index < -0.39 is 20.0 Å². The summed E-state index contributed by atoms with van der Waals surface area (Å²) in [7, 11) is 1.59. The highest BCUT2D eigenvalue weighted by Gasteiger charge is 2.27. The molecule has 0 saturated heterocycles. The number of quaternary nitrogens is 1. The molecule has 9 heteroatoms. The van der Waals surface area contributed by atoms with Crippen molar-refractivity contribution in [2.24, 2.45) is 0 Å². The molecule has 8 nitrogen and oxygen atoms in total. The number of rotatable bonds is 54. The number of phosphoric acid groups is 1. The van der Waals surface area contributed by atoms with Gasteiger partial charge in [-0.05, 0) is 19.3 Å². The van der Waals surface area contributed by atoms with E-state index in [9.17, 15) is 19.4 Å². The zero-order chi connectivity index (χ0) is 48.5. The van der Waals surface area contributed by atoms with Crippen LogP contribution in [0.15, 0.2) is 12.2 Å². The van der Waals surface area contributed by atoms with Gasteiger partial charge in [-0.15, -0.1) is 0 Å². The molecule has 0 aromatic heterocycles. The van der Waals surface area contributed by atoms with E-state index in [4.69, 9.17) is 9.05 Å². The van der Waals surface area contributed by atoms with Gasteiger partial charge in [-0.3, -0.25) is 13.8 Å². The van der Waals surface area contributed by atoms with Crippen molar-refractivity contribution in [2.75, 3.05) is 40.9 Å². The number of aliphatic hydroxyl groups is 1. The molecular weight excluding hydrogens is 840 g/mol. The number of carbonyl (C=O) groups is 1. The van der Waals surface area contributed by atoms with Gasteiger partial charge in [0.05, 0.1) is 39.9 Å². The quantitative estimate of drug-likeness (QED) is 0.0243. The molecule has 0 aliphatic rings. The number of allylic oxidation sites excluding steroid dienone is 1. The first-order valence-corrected chi connectivity index (χ1v) is 30.6. The van der Waals surface area contributed by atoms with Crippen LogP contribution in [0.1, 0.15) is 296 Å². The van der Waals surface area contributed by atoms with E-state index in [2.05, 4.69) is 19.2 Å². The molecular formula is C57H116N2O6P+. The highest BCUT2D eigenvalue weighted by Crippen LogP contribution is 2.43. The first-order chi connectivity index (χ1) is 32.0. The van der Waals surface area contributed by atoms with E-state index in [0.29, 0.717) is 17.4 Å². The van der Waals surface area contributed by atoms with Crippen LogP contribution in [0.3, 0.4) is 0 Å². The van der Waals surface area contributed by atoms with Crippen molar-refractivity contribution in [1.29, 1.82) is 0 Å². The predicted octanol–water partition coefficient (Wildman–Crippen LogP) is 17.4. The minimum Gasteiger partial charge on any atom is -0.387 e. The van der Waals surface area contributed by atoms with Gasteiger partial charge in [0, 0.05) is 6.42 Å². The lowest BCUT2D eigenvalue weighted by Gasteiger charge is -2.25. The summed E-state index contributed by atoms with van der Waals surface area (Å²) < 4.78 is 23.7. The number of hydrogen-bond donors (Lipinski definition) is 3. The van der Waals surface area contributed by atoms with Crippen LogP contribution < -0.4 is 5.32 Å². The van der Waals surface area contributed by atoms with Gasteiger partial charge in [0.1, 0.15) is 13.2 Å². The van der Waals surface area contributed by atoms with Crippen molar-refractivity contribution in [2.45, 2.75) is 309 Å². The standard InChI is InChI=1S/C57H115N2O6P/c1-6-8-10-12-14-16-18-20-22-24-26-27-28-29-30-31-33-35-37-39-41-43-45-47-49-51-57(61)58-55(54-65-66(62,63)64-53-52-59(3,4)5)56(60)50-48-46-44-42-40-38-36-34-32-25-23-21-19-17-15-13-11-9-7-2/h48,50,55-56,60H,6-47,49,51-54H2,1-5H3,(H-,58,61,62,63)/p+1/b50-48+. The lowest BCUT2D eigenvalue weighted by atomic mass is 10.0. The van der Waals surface area contributed by atoms with Gasteiger partial charge in [0.15, 0.2) is 0 Å². The monoisotopic (exact) mass is 956 g/mol. The maximum absolute atomic E-state index is 13.0. The second-order valence-corrected chi connectivity index (χ2v) is 22.8. The molecule has 0 heterocycles. The maximum atomic E-state index is 13.0. The average Bonchev–Trinajstić information content (AvgIpc) is 3.28. The van der Waals surface area contributed by atoms with E-state index >= 15 is 0 Å². The number of unbranched alkanes of at least 4 members (excludes halogenated alkanes) is 41. The third-order valence-corrected chi connectivity index (χ3v) is 14.5. The molecule has 3 N–H and O–H groups in total. The molecule has 0 spiro atoms. The molecule has 1 amide bonds. The van der Waals surface area contributed by atoms with Crippen molar-refractivity contribution in [3.63, 3.8) is 0 Å². The van der Waals surface area contributed by atoms with Crippen LogP contribution in [0.4, 0.5) is 0 Å². The number of phosphoric ester groups is 1. The maximum Gasteiger partial charge on any atom is 0.472 e. The second kappa shape index (κ2) is 49.2. The molecule has 0 aromatic carbocycles. The molecule has 3 atom stereocenters. The van der Waals surface area contributed by atoms with Crippen LogP contribution >= 0.6 is 7.82 Å². The Kier molecular flexibility index (Phi) is 48.7. The Bertz CT molecular complexity index is 1080. The summed E-state index contributed by atoms with van der Waals surface area (Å²) in [6, 6.07) is -0.842. The van der Waals surface area contributed by atoms with E-state index in [1.807, 2.05) is 27.2 Å². The molecule has 0 bridgehead atoms. The zero-order valence-corrected chi connectivity index (χ0v) is 45.9. The minimum absolute atomic E-state index is 0.0652. The van der Waals surface area contributed by atoms with Crippen molar-refractivity contribution in [1.82, 2.24) is 5.32 Å². The third kappa shape index (κ3) is 51.1. The molecule has 0 fully saturated rings. The predicted molar refractivity (Wildman–Crippen MR) is 286 cm³/mol. The Labute approximate surface area is 412 Å². The first kappa shape index (κ1) is 65.2. The largest absolute Gasteiger partial charge is 0.472 e. The summed E-state index contributed by atoms with van der Waals surface area (Å²) in [6.07, 6.45) is 60.2. The van der Waals surface area contributed by atoms with Crippen LogP contribution in [-0.4, -0.2) is 73.4 Å². The van der Waals surface area contributed by atoms with Crippen LogP contribution in [0.2, 0.25) is 0 Å². The fourth-order valence-electron chi connectivity index (χ4n) is 8.93. The summed E-state index contributed by atoms with van der Waals surface area (Å²) in [5.41, 5.74) is 0. The summed E-state index contributed by atoms with van der Waals surface area (Å²) in [5, 5.41) is 13.9. The topological polar surface area (TPSA) is 105 Å². The van der Waals surface area contributed by atoms with E-state index in [0.717, 1.165) is 32.1 Å². The lowest BCUT2D eigenvalue weighted by Crippen LogP contribution is -2.45. The van der Waals surface area contributed by atoms with E-state index in [1.54, 1.807) is 6.08 Å². The molecule has 0 aromatic rings. The van der Waals surface area contributed by atoms with Gasteiger partial charge in [-0.25, -0.2) is 4.57 Å². The van der Waals surface area contributed by atoms with Crippen molar-refractivity contribution >= 4 is 13.7 Å². The molecule has 0 radical (unpaired) electrons. The van der Waals surface area contributed by atoms with Crippen LogP contribution in [0.25, 0.3) is 0 Å². The van der Waals surface area contributed by atoms with Crippen molar-refractivity contribution in [3.8, 4) is 0 Å². The van der Waals surface area contributed by atoms with Crippen molar-refractivity contribution < 1.29 is 32.9 Å². The number of hydrogen-bond acceptors (Lipinski definition) is 5. The molecule has 0 aliphatic heterocycles. The Hall–Kier alpha value is -0.760. The average molecular weight is 957 g/mol. The number of likely N-dealkylation sites (N-methyl/N-ethyl adjacent to an activating group) is 1. The van der Waals surface area contributed by atoms with E-state index in [-0.39, 0.29) is 19.1 Å². The van der Waals surface area contributed by atoms with Crippen LogP contribution in [0.5, 0.6) is 0 Å². The Morgan fingerprint density at radius 2 is 0.803 bits per heavy atom. The molecule has 0 aliphatic carbocycles. The van der Waals surface area contributed by atoms with Crippen LogP contribution in [-0.2, 0) is 18.4 Å². The number of carbonyl (C=O) groups excluding carboxylic acids is 1. The van der Waals surface area contributed by atoms with E-state index in [1.165, 1.54) is 244 Å². The summed E-state index contributed by atoms with van der Waals surface area (Å²) in [6.45, 7) is 4.87. The molecule has 394 valence electrons. The fourth-order valence-corrected chi connectivity index (χ4v) is 9.66. The lowest BCUT2D eigenvalue weighted by molar-refractivity contribution is -0.870. The van der Waals surface area contributed by atoms with Gasteiger partial charge in [0.2, 0.25) is 5.91 Å². The highest BCUT2D eigenvalue weighted by molar-refractivity contribution is 7.47. The Morgan fingerprint density at radius 3 is 1.12 bits per heavy atom. The smallest absolute Gasteiger partial charge is 0.387 e. The van der Waals surface area contributed by atoms with Gasteiger partial charge < -0.3 is 19.8 Å². The Balaban J connectivity index is 4.15. The fraction of sp³-hybridized carbons (Fsp3) is 0.947. The van der Waals surface area contributed by atoms with Gasteiger partial charge in [-0.1, -0.05) is 283 Å². The summed E-state index contributed by atoms with van der Waals surface area (Å²) in [4.78, 5) is 23.3. The van der Waals surface area contributed by atoms with Gasteiger partial charge in [-0.2, -0.15) is 0 Å². The van der Waals surface area contributed by atoms with Crippen LogP contribution in [0, 0.1) is 0 Å². The normalized spacial score (nSPS) is 14.0. The van der Waals surface area contributed by atoms with Gasteiger partial charge >= 0.3 is 7.82 Å². The molecule has 3 unspecified atom stereocenters. The number of aliphatic hydroxyl groups excluding tert-OH is 1. The summed E-state index contributed by atoms with van der Waals surface area (Å²) in [5.74, 6) is -0.169. The first-order valence-electron chi connectivity index (χ1n) is 29.1. The SMILES string of the molecule is CCCCCCCCCCCCCCCCCCC/C=C/C(O)C(COP(=O)(O)OCC[N+](C)(C)C)NC(=O)CCCCCCCCCCCCCCCCCCCCCCCCCCC. The zero-order valence-electron chi connectivity index (χ0n) is 45.0. The number of amides is 1. The third-order valence-electron chi connectivity index (χ3n) is 13.5. The van der Waals surface area contributed by atoms with Crippen molar-refractivity contribution in [3.05, 3.63) is 12.2 Å². The second-order valence-electron chi connectivity index (χ2n) is 21.4. The number of nitrogens with zero attached hydrogens (tertiary/aromatic N) is 1. The molecule has 66 heavy (non-hydrogen) atoms. The molecule has 0 saturated carbocycles. The Morgan fingerprint density at radius 1 is 0.500 bits per heavy atom. The summed E-state index contributed by atoms with van der Waals surface area (Å²) >= 11 is 0. The molecule has 0 rings (SSSR count).